The Morgan fingerprint density at radius 2 is 2.11 bits per heavy atom. The van der Waals surface area contributed by atoms with E-state index < -0.39 is 0 Å². The van der Waals surface area contributed by atoms with Crippen LogP contribution in [-0.4, -0.2) is 39.6 Å². The largest absolute Gasteiger partial charge is 0.507 e. The van der Waals surface area contributed by atoms with E-state index >= 15 is 0 Å². The summed E-state index contributed by atoms with van der Waals surface area (Å²) in [4.78, 5) is 11.6. The second-order valence-electron chi connectivity index (χ2n) is 7.44. The van der Waals surface area contributed by atoms with Gasteiger partial charge < -0.3 is 14.8 Å². The van der Waals surface area contributed by atoms with Gasteiger partial charge in [0.05, 0.1) is 18.4 Å². The number of hydrogen-bond acceptors (Lipinski definition) is 6. The number of aryl methyl sites for hydroxylation is 1. The minimum absolute atomic E-state index is 0.194. The van der Waals surface area contributed by atoms with Gasteiger partial charge in [0.1, 0.15) is 17.3 Å². The van der Waals surface area contributed by atoms with Crippen LogP contribution in [0.3, 0.4) is 0 Å². The van der Waals surface area contributed by atoms with E-state index in [1.54, 1.807) is 18.4 Å². The van der Waals surface area contributed by atoms with Gasteiger partial charge in [-0.25, -0.2) is 9.97 Å². The van der Waals surface area contributed by atoms with Crippen LogP contribution in [-0.2, 0) is 6.54 Å². The molecule has 3 heterocycles. The van der Waals surface area contributed by atoms with Crippen molar-refractivity contribution in [2.45, 2.75) is 26.3 Å². The normalized spacial score (nSPS) is 17.5. The maximum absolute atomic E-state index is 10.1. The van der Waals surface area contributed by atoms with Crippen LogP contribution in [0.1, 0.15) is 24.3 Å². The average molecular weight is 378 g/mol. The van der Waals surface area contributed by atoms with Crippen molar-refractivity contribution in [2.24, 2.45) is 5.92 Å². The van der Waals surface area contributed by atoms with Gasteiger partial charge in [0.2, 0.25) is 0 Å². The van der Waals surface area contributed by atoms with Gasteiger partial charge in [-0.15, -0.1) is 0 Å². The van der Waals surface area contributed by atoms with E-state index in [0.717, 1.165) is 43.5 Å². The monoisotopic (exact) mass is 378 g/mol. The zero-order valence-corrected chi connectivity index (χ0v) is 16.1. The number of furan rings is 1. The molecule has 3 aromatic rings. The smallest absolute Gasteiger partial charge is 0.165 e. The predicted molar refractivity (Wildman–Crippen MR) is 109 cm³/mol. The van der Waals surface area contributed by atoms with Crippen molar-refractivity contribution in [3.8, 4) is 17.1 Å². The molecule has 6 nitrogen and oxygen atoms in total. The molecule has 0 amide bonds. The van der Waals surface area contributed by atoms with Crippen LogP contribution in [0.25, 0.3) is 11.4 Å². The summed E-state index contributed by atoms with van der Waals surface area (Å²) in [6, 6.07) is 13.1. The Morgan fingerprint density at radius 1 is 1.21 bits per heavy atom. The number of nitrogens with one attached hydrogen (secondary N) is 1. The fraction of sp³-hybridized carbons (Fsp3) is 0.364. The van der Waals surface area contributed by atoms with E-state index in [2.05, 4.69) is 20.2 Å². The Hall–Kier alpha value is -2.86. The maximum atomic E-state index is 10.1. The summed E-state index contributed by atoms with van der Waals surface area (Å²) in [5, 5.41) is 13.6. The summed E-state index contributed by atoms with van der Waals surface area (Å²) < 4.78 is 5.48. The third kappa shape index (κ3) is 4.51. The van der Waals surface area contributed by atoms with Crippen molar-refractivity contribution in [3.05, 3.63) is 60.2 Å². The molecule has 0 spiro atoms. The molecule has 1 fully saturated rings. The highest BCUT2D eigenvalue weighted by molar-refractivity contribution is 5.64. The molecule has 146 valence electrons. The first-order valence-electron chi connectivity index (χ1n) is 9.80. The second kappa shape index (κ2) is 8.44. The van der Waals surface area contributed by atoms with Crippen LogP contribution in [0.5, 0.6) is 5.75 Å². The lowest BCUT2D eigenvalue weighted by atomic mass is 9.98. The molecule has 1 unspecified atom stereocenters. The highest BCUT2D eigenvalue weighted by atomic mass is 16.3. The summed E-state index contributed by atoms with van der Waals surface area (Å²) in [5.41, 5.74) is 1.52. The average Bonchev–Trinajstić information content (AvgIpc) is 3.20. The summed E-state index contributed by atoms with van der Waals surface area (Å²) in [6.45, 7) is 5.84. The van der Waals surface area contributed by atoms with E-state index in [4.69, 9.17) is 4.42 Å². The summed E-state index contributed by atoms with van der Waals surface area (Å²) in [5.74, 6) is 3.12. The van der Waals surface area contributed by atoms with Gasteiger partial charge >= 0.3 is 0 Å². The molecule has 0 bridgehead atoms. The van der Waals surface area contributed by atoms with Crippen molar-refractivity contribution in [3.63, 3.8) is 0 Å². The number of nitrogens with zero attached hydrogens (tertiary/aromatic N) is 3. The number of rotatable bonds is 6. The minimum atomic E-state index is 0.194. The number of para-hydroxylation sites is 1. The number of piperidine rings is 1. The van der Waals surface area contributed by atoms with Gasteiger partial charge in [0.25, 0.3) is 0 Å². The van der Waals surface area contributed by atoms with Crippen molar-refractivity contribution in [1.29, 1.82) is 0 Å². The van der Waals surface area contributed by atoms with Crippen molar-refractivity contribution >= 4 is 5.82 Å². The summed E-state index contributed by atoms with van der Waals surface area (Å²) in [6.07, 6.45) is 4.13. The molecule has 2 N–H and O–H groups in total. The fourth-order valence-corrected chi connectivity index (χ4v) is 3.78. The lowest BCUT2D eigenvalue weighted by Crippen LogP contribution is -2.37. The number of phenolic OH excluding ortho intramolecular Hbond substituents is 1. The Bertz CT molecular complexity index is 911. The Kier molecular flexibility index (Phi) is 5.58. The first kappa shape index (κ1) is 18.5. The Labute approximate surface area is 165 Å². The van der Waals surface area contributed by atoms with E-state index in [0.29, 0.717) is 17.3 Å². The number of likely N-dealkylation sites (tertiary alicyclic amines) is 1. The predicted octanol–water partition coefficient (Wildman–Crippen LogP) is 4.07. The molecule has 1 atom stereocenters. The van der Waals surface area contributed by atoms with Crippen LogP contribution >= 0.6 is 0 Å². The van der Waals surface area contributed by atoms with Crippen LogP contribution in [0, 0.1) is 12.8 Å². The quantitative estimate of drug-likeness (QED) is 0.673. The van der Waals surface area contributed by atoms with Crippen molar-refractivity contribution in [2.75, 3.05) is 25.0 Å². The van der Waals surface area contributed by atoms with Crippen LogP contribution in [0.2, 0.25) is 0 Å². The Morgan fingerprint density at radius 3 is 2.93 bits per heavy atom. The molecule has 2 aromatic heterocycles. The maximum Gasteiger partial charge on any atom is 0.165 e. The minimum Gasteiger partial charge on any atom is -0.507 e. The number of hydrogen-bond donors (Lipinski definition) is 2. The SMILES string of the molecule is Cc1cc(NCC2CCCN(Cc3ccco3)C2)nc(-c2ccccc2O)n1. The molecule has 1 saturated heterocycles. The number of aromatic nitrogens is 2. The number of aromatic hydroxyl groups is 1. The van der Waals surface area contributed by atoms with E-state index in [1.807, 2.05) is 37.3 Å². The molecule has 28 heavy (non-hydrogen) atoms. The standard InChI is InChI=1S/C22H26N4O2/c1-16-12-21(25-22(24-16)19-8-2-3-9-20(19)27)23-13-17-6-4-10-26(14-17)15-18-7-5-11-28-18/h2-3,5,7-9,11-12,17,27H,4,6,10,13-15H2,1H3,(H,23,24,25). The number of phenols is 1. The molecule has 0 radical (unpaired) electrons. The molecule has 1 aliphatic rings. The molecule has 6 heteroatoms. The molecule has 1 aromatic carbocycles. The number of anilines is 1. The molecule has 4 rings (SSSR count). The topological polar surface area (TPSA) is 74.4 Å². The van der Waals surface area contributed by atoms with Gasteiger partial charge in [-0.3, -0.25) is 4.90 Å². The molecule has 1 aliphatic heterocycles. The van der Waals surface area contributed by atoms with E-state index in [9.17, 15) is 5.11 Å². The summed E-state index contributed by atoms with van der Waals surface area (Å²) in [7, 11) is 0. The van der Waals surface area contributed by atoms with Gasteiger partial charge in [0, 0.05) is 24.8 Å². The zero-order valence-electron chi connectivity index (χ0n) is 16.1. The van der Waals surface area contributed by atoms with Gasteiger partial charge in [-0.2, -0.15) is 0 Å². The van der Waals surface area contributed by atoms with Crippen LogP contribution in [0.15, 0.2) is 53.1 Å². The van der Waals surface area contributed by atoms with Crippen LogP contribution in [0.4, 0.5) is 5.82 Å². The van der Waals surface area contributed by atoms with Crippen molar-refractivity contribution in [1.82, 2.24) is 14.9 Å². The van der Waals surface area contributed by atoms with Crippen molar-refractivity contribution < 1.29 is 9.52 Å². The third-order valence-electron chi connectivity index (χ3n) is 5.13. The number of benzene rings is 1. The zero-order chi connectivity index (χ0) is 19.3. The van der Waals surface area contributed by atoms with Gasteiger partial charge in [-0.05, 0) is 56.5 Å². The lowest BCUT2D eigenvalue weighted by Gasteiger charge is -2.32. The van der Waals surface area contributed by atoms with Gasteiger partial charge in [-0.1, -0.05) is 12.1 Å². The molecule has 0 aliphatic carbocycles. The highest BCUT2D eigenvalue weighted by Gasteiger charge is 2.21. The van der Waals surface area contributed by atoms with Crippen LogP contribution < -0.4 is 5.32 Å². The lowest BCUT2D eigenvalue weighted by molar-refractivity contribution is 0.162. The molecule has 0 saturated carbocycles. The third-order valence-corrected chi connectivity index (χ3v) is 5.13. The first-order valence-corrected chi connectivity index (χ1v) is 9.80. The summed E-state index contributed by atoms with van der Waals surface area (Å²) >= 11 is 0. The molecular weight excluding hydrogens is 352 g/mol. The Balaban J connectivity index is 1.40. The highest BCUT2D eigenvalue weighted by Crippen LogP contribution is 2.27. The van der Waals surface area contributed by atoms with E-state index in [1.165, 1.54) is 12.8 Å². The van der Waals surface area contributed by atoms with E-state index in [-0.39, 0.29) is 5.75 Å². The molecular formula is C22H26N4O2. The fourth-order valence-electron chi connectivity index (χ4n) is 3.78. The van der Waals surface area contributed by atoms with Gasteiger partial charge in [0.15, 0.2) is 5.82 Å². The first-order chi connectivity index (χ1) is 13.7. The second-order valence-corrected chi connectivity index (χ2v) is 7.44.